The molecule has 2 rings (SSSR count). The van der Waals surface area contributed by atoms with Crippen LogP contribution in [0.25, 0.3) is 0 Å². The number of anilines is 1. The highest BCUT2D eigenvalue weighted by Crippen LogP contribution is 2.22. The fourth-order valence-corrected chi connectivity index (χ4v) is 3.85. The Hall–Kier alpha value is -2.43. The number of rotatable bonds is 5. The summed E-state index contributed by atoms with van der Waals surface area (Å²) in [6, 6.07) is 8.67. The van der Waals surface area contributed by atoms with Crippen LogP contribution >= 0.6 is 0 Å². The number of sulfonamides is 2. The predicted octanol–water partition coefficient (Wildman–Crippen LogP) is 1.14. The maximum atomic E-state index is 12.5. The normalized spacial score (nSPS) is 11.9. The van der Waals surface area contributed by atoms with Crippen molar-refractivity contribution in [2.24, 2.45) is 5.14 Å². The number of carboxylic acid groups (broad SMARTS) is 1. The quantitative estimate of drug-likeness (QED) is 0.720. The van der Waals surface area contributed by atoms with E-state index in [4.69, 9.17) is 10.2 Å². The van der Waals surface area contributed by atoms with E-state index in [0.29, 0.717) is 5.56 Å². The van der Waals surface area contributed by atoms with Crippen molar-refractivity contribution in [1.29, 1.82) is 0 Å². The maximum Gasteiger partial charge on any atom is 0.335 e. The minimum absolute atomic E-state index is 0.0124. The molecule has 10 heteroatoms. The van der Waals surface area contributed by atoms with Crippen molar-refractivity contribution in [2.45, 2.75) is 16.7 Å². The second-order valence-electron chi connectivity index (χ2n) is 4.96. The number of hydrogen-bond donors (Lipinski definition) is 3. The summed E-state index contributed by atoms with van der Waals surface area (Å²) in [6.07, 6.45) is 0. The molecule has 0 heterocycles. The number of benzene rings is 2. The van der Waals surface area contributed by atoms with Crippen molar-refractivity contribution in [2.75, 3.05) is 4.72 Å². The Labute approximate surface area is 139 Å². The van der Waals surface area contributed by atoms with Gasteiger partial charge < -0.3 is 5.11 Å². The lowest BCUT2D eigenvalue weighted by molar-refractivity contribution is 0.0696. The van der Waals surface area contributed by atoms with Gasteiger partial charge in [-0.15, -0.1) is 0 Å². The second kappa shape index (κ2) is 6.23. The van der Waals surface area contributed by atoms with E-state index in [2.05, 4.69) is 4.72 Å². The van der Waals surface area contributed by atoms with Crippen molar-refractivity contribution < 1.29 is 26.7 Å². The van der Waals surface area contributed by atoms with E-state index in [1.54, 1.807) is 0 Å². The van der Waals surface area contributed by atoms with Crippen LogP contribution in [0.15, 0.2) is 52.3 Å². The molecule has 4 N–H and O–H groups in total. The van der Waals surface area contributed by atoms with Gasteiger partial charge in [-0.3, -0.25) is 4.72 Å². The van der Waals surface area contributed by atoms with Gasteiger partial charge in [0.25, 0.3) is 10.0 Å². The van der Waals surface area contributed by atoms with Gasteiger partial charge in [0.2, 0.25) is 10.0 Å². The van der Waals surface area contributed by atoms with Crippen LogP contribution in [0.1, 0.15) is 15.9 Å². The number of nitrogens with two attached hydrogens (primary N) is 1. The van der Waals surface area contributed by atoms with E-state index < -0.39 is 26.0 Å². The first kappa shape index (κ1) is 17.9. The zero-order valence-electron chi connectivity index (χ0n) is 12.4. The smallest absolute Gasteiger partial charge is 0.335 e. The van der Waals surface area contributed by atoms with E-state index in [-0.39, 0.29) is 21.0 Å². The number of carboxylic acids is 1. The van der Waals surface area contributed by atoms with E-state index >= 15 is 0 Å². The van der Waals surface area contributed by atoms with Crippen molar-refractivity contribution >= 4 is 31.7 Å². The topological polar surface area (TPSA) is 144 Å². The van der Waals surface area contributed by atoms with Gasteiger partial charge in [0.1, 0.15) is 0 Å². The van der Waals surface area contributed by atoms with Crippen LogP contribution in [0.5, 0.6) is 0 Å². The van der Waals surface area contributed by atoms with E-state index in [1.165, 1.54) is 37.3 Å². The van der Waals surface area contributed by atoms with Crippen LogP contribution in [0.4, 0.5) is 5.69 Å². The van der Waals surface area contributed by atoms with Crippen LogP contribution in [-0.2, 0) is 20.0 Å². The maximum absolute atomic E-state index is 12.5. The first-order valence-corrected chi connectivity index (χ1v) is 9.53. The summed E-state index contributed by atoms with van der Waals surface area (Å²) in [6.45, 7) is 1.51. The Morgan fingerprint density at radius 2 is 1.75 bits per heavy atom. The number of nitrogens with one attached hydrogen (secondary N) is 1. The minimum atomic E-state index is -4.11. The van der Waals surface area contributed by atoms with Gasteiger partial charge in [-0.05, 0) is 42.8 Å². The number of aromatic carboxylic acids is 1. The molecule has 0 spiro atoms. The summed E-state index contributed by atoms with van der Waals surface area (Å²) in [5, 5.41) is 14.0. The second-order valence-corrected chi connectivity index (χ2v) is 8.18. The third-order valence-corrected chi connectivity index (χ3v) is 5.57. The average molecular weight is 370 g/mol. The van der Waals surface area contributed by atoms with Crippen LogP contribution in [-0.4, -0.2) is 27.9 Å². The highest BCUT2D eigenvalue weighted by Gasteiger charge is 2.20. The molecule has 0 aliphatic heterocycles. The molecule has 2 aromatic carbocycles. The lowest BCUT2D eigenvalue weighted by Crippen LogP contribution is -2.16. The Balaban J connectivity index is 2.46. The molecule has 0 aliphatic carbocycles. The molecule has 24 heavy (non-hydrogen) atoms. The van der Waals surface area contributed by atoms with E-state index in [1.807, 2.05) is 0 Å². The fraction of sp³-hybridized carbons (Fsp3) is 0.0714. The first-order chi connectivity index (χ1) is 11.0. The average Bonchev–Trinajstić information content (AvgIpc) is 2.46. The third kappa shape index (κ3) is 3.91. The summed E-state index contributed by atoms with van der Waals surface area (Å²) in [5.41, 5.74) is 0.149. The molecule has 0 saturated heterocycles. The van der Waals surface area contributed by atoms with Gasteiger partial charge in [-0.1, -0.05) is 12.1 Å². The van der Waals surface area contributed by atoms with Crippen molar-refractivity contribution in [1.82, 2.24) is 0 Å². The monoisotopic (exact) mass is 370 g/mol. The standard InChI is InChI=1S/C14H14N2O6S2/c1-9-5-6-10(14(17)18)7-13(9)24(21,22)16-11-3-2-4-12(8-11)23(15,19)20/h2-8,16H,1H3,(H,17,18)(H2,15,19,20). The number of aryl methyl sites for hydroxylation is 1. The minimum Gasteiger partial charge on any atom is -0.478 e. The molecule has 2 aromatic rings. The molecule has 8 nitrogen and oxygen atoms in total. The van der Waals surface area contributed by atoms with Gasteiger partial charge in [0.05, 0.1) is 21.0 Å². The van der Waals surface area contributed by atoms with Gasteiger partial charge in [-0.25, -0.2) is 26.8 Å². The number of carbonyl (C=O) groups is 1. The largest absolute Gasteiger partial charge is 0.478 e. The Bertz CT molecular complexity index is 1010. The third-order valence-electron chi connectivity index (χ3n) is 3.14. The molecule has 0 atom stereocenters. The van der Waals surface area contributed by atoms with E-state index in [9.17, 15) is 21.6 Å². The van der Waals surface area contributed by atoms with E-state index in [0.717, 1.165) is 12.1 Å². The van der Waals surface area contributed by atoms with Crippen molar-refractivity contribution in [3.05, 3.63) is 53.6 Å². The highest BCUT2D eigenvalue weighted by atomic mass is 32.2. The Morgan fingerprint density at radius 3 is 2.33 bits per heavy atom. The molecule has 0 saturated carbocycles. The summed E-state index contributed by atoms with van der Waals surface area (Å²) in [4.78, 5) is 10.5. The first-order valence-electron chi connectivity index (χ1n) is 6.50. The molecular weight excluding hydrogens is 356 g/mol. The summed E-state index contributed by atoms with van der Waals surface area (Å²) in [5.74, 6) is -1.26. The van der Waals surface area contributed by atoms with Crippen LogP contribution in [0.2, 0.25) is 0 Å². The SMILES string of the molecule is Cc1ccc(C(=O)O)cc1S(=O)(=O)Nc1cccc(S(N)(=O)=O)c1. The highest BCUT2D eigenvalue weighted by molar-refractivity contribution is 7.92. The number of hydrogen-bond acceptors (Lipinski definition) is 5. The molecule has 0 amide bonds. The zero-order chi connectivity index (χ0) is 18.1. The van der Waals surface area contributed by atoms with Crippen molar-refractivity contribution in [3.8, 4) is 0 Å². The van der Waals surface area contributed by atoms with Gasteiger partial charge >= 0.3 is 5.97 Å². The summed E-state index contributed by atoms with van der Waals surface area (Å²) >= 11 is 0. The van der Waals surface area contributed by atoms with Crippen LogP contribution in [0, 0.1) is 6.92 Å². The van der Waals surface area contributed by atoms with Crippen LogP contribution in [0.3, 0.4) is 0 Å². The van der Waals surface area contributed by atoms with Crippen LogP contribution < -0.4 is 9.86 Å². The lowest BCUT2D eigenvalue weighted by atomic mass is 10.1. The summed E-state index contributed by atoms with van der Waals surface area (Å²) in [7, 11) is -8.10. The lowest BCUT2D eigenvalue weighted by Gasteiger charge is -2.11. The Kier molecular flexibility index (Phi) is 4.65. The molecule has 0 bridgehead atoms. The predicted molar refractivity (Wildman–Crippen MR) is 86.8 cm³/mol. The van der Waals surface area contributed by atoms with Gasteiger partial charge in [-0.2, -0.15) is 0 Å². The molecule has 0 radical (unpaired) electrons. The molecule has 128 valence electrons. The van der Waals surface area contributed by atoms with Gasteiger partial charge in [0.15, 0.2) is 0 Å². The molecule has 0 aliphatic rings. The molecule has 0 aromatic heterocycles. The number of primary sulfonamides is 1. The van der Waals surface area contributed by atoms with Crippen molar-refractivity contribution in [3.63, 3.8) is 0 Å². The zero-order valence-corrected chi connectivity index (χ0v) is 14.1. The molecule has 0 fully saturated rings. The molecule has 0 unspecified atom stereocenters. The fourth-order valence-electron chi connectivity index (χ4n) is 1.97. The summed E-state index contributed by atoms with van der Waals surface area (Å²) < 4.78 is 49.8. The van der Waals surface area contributed by atoms with Gasteiger partial charge in [0, 0.05) is 0 Å². The Morgan fingerprint density at radius 1 is 1.08 bits per heavy atom. The molecular formula is C14H14N2O6S2.